The third-order valence-corrected chi connectivity index (χ3v) is 5.32. The molecule has 1 N–H and O–H groups in total. The van der Waals surface area contributed by atoms with Crippen molar-refractivity contribution in [2.75, 3.05) is 32.8 Å². The zero-order valence-electron chi connectivity index (χ0n) is 19.0. The number of piperidine rings is 1. The SMILES string of the molecule is CC(C)(C)OC(=O)NC1CCN(C(=O)COC2CN(C(=O)OCc3ccccc3)C2)CC1. The molecule has 3 rings (SSSR count). The maximum Gasteiger partial charge on any atom is 0.410 e. The molecule has 0 saturated carbocycles. The van der Waals surface area contributed by atoms with E-state index in [0.29, 0.717) is 39.0 Å². The van der Waals surface area contributed by atoms with Crippen LogP contribution in [0.3, 0.4) is 0 Å². The van der Waals surface area contributed by atoms with Gasteiger partial charge in [-0.05, 0) is 39.2 Å². The van der Waals surface area contributed by atoms with Gasteiger partial charge in [-0.2, -0.15) is 0 Å². The lowest BCUT2D eigenvalue weighted by Crippen LogP contribution is -2.55. The van der Waals surface area contributed by atoms with Gasteiger partial charge in [-0.3, -0.25) is 4.79 Å². The molecule has 2 heterocycles. The smallest absolute Gasteiger partial charge is 0.410 e. The molecule has 9 nitrogen and oxygen atoms in total. The molecular formula is C23H33N3O6. The Hall–Kier alpha value is -2.81. The first-order chi connectivity index (χ1) is 15.2. The Kier molecular flexibility index (Phi) is 7.95. The summed E-state index contributed by atoms with van der Waals surface area (Å²) in [6, 6.07) is 9.50. The van der Waals surface area contributed by atoms with E-state index in [4.69, 9.17) is 14.2 Å². The van der Waals surface area contributed by atoms with Gasteiger partial charge in [-0.1, -0.05) is 30.3 Å². The molecule has 0 bridgehead atoms. The summed E-state index contributed by atoms with van der Waals surface area (Å²) in [6.45, 7) is 7.65. The maximum absolute atomic E-state index is 12.4. The van der Waals surface area contributed by atoms with E-state index in [9.17, 15) is 14.4 Å². The van der Waals surface area contributed by atoms with Crippen LogP contribution in [-0.2, 0) is 25.6 Å². The molecule has 1 aromatic rings. The van der Waals surface area contributed by atoms with Gasteiger partial charge < -0.3 is 29.3 Å². The predicted octanol–water partition coefficient (Wildman–Crippen LogP) is 2.54. The van der Waals surface area contributed by atoms with Gasteiger partial charge in [0, 0.05) is 19.1 Å². The number of alkyl carbamates (subject to hydrolysis) is 1. The summed E-state index contributed by atoms with van der Waals surface area (Å²) in [5.74, 6) is -0.0779. The highest BCUT2D eigenvalue weighted by atomic mass is 16.6. The summed E-state index contributed by atoms with van der Waals surface area (Å²) in [6.07, 6.45) is 0.391. The largest absolute Gasteiger partial charge is 0.445 e. The van der Waals surface area contributed by atoms with Crippen LogP contribution in [0.15, 0.2) is 30.3 Å². The van der Waals surface area contributed by atoms with Crippen LogP contribution in [0.4, 0.5) is 9.59 Å². The number of benzene rings is 1. The zero-order valence-corrected chi connectivity index (χ0v) is 19.0. The minimum absolute atomic E-state index is 0.00286. The number of hydrogen-bond acceptors (Lipinski definition) is 6. The number of nitrogens with one attached hydrogen (secondary N) is 1. The van der Waals surface area contributed by atoms with Crippen molar-refractivity contribution >= 4 is 18.1 Å². The van der Waals surface area contributed by atoms with Gasteiger partial charge in [0.2, 0.25) is 5.91 Å². The Morgan fingerprint density at radius 1 is 1.03 bits per heavy atom. The topological polar surface area (TPSA) is 97.4 Å². The number of carbonyl (C=O) groups is 3. The monoisotopic (exact) mass is 447 g/mol. The average Bonchev–Trinajstić information content (AvgIpc) is 2.70. The molecule has 0 atom stereocenters. The Morgan fingerprint density at radius 3 is 2.31 bits per heavy atom. The molecule has 9 heteroatoms. The highest BCUT2D eigenvalue weighted by Crippen LogP contribution is 2.16. The quantitative estimate of drug-likeness (QED) is 0.720. The highest BCUT2D eigenvalue weighted by Gasteiger charge is 2.33. The van der Waals surface area contributed by atoms with Crippen molar-refractivity contribution < 1.29 is 28.6 Å². The molecule has 1 aromatic carbocycles. The summed E-state index contributed by atoms with van der Waals surface area (Å²) in [5.41, 5.74) is 0.401. The minimum atomic E-state index is -0.534. The Labute approximate surface area is 189 Å². The molecule has 2 aliphatic rings. The molecule has 0 unspecified atom stereocenters. The van der Waals surface area contributed by atoms with E-state index in [1.54, 1.807) is 9.80 Å². The summed E-state index contributed by atoms with van der Waals surface area (Å²) >= 11 is 0. The normalized spacial score (nSPS) is 17.5. The lowest BCUT2D eigenvalue weighted by Gasteiger charge is -2.38. The van der Waals surface area contributed by atoms with E-state index in [-0.39, 0.29) is 37.4 Å². The van der Waals surface area contributed by atoms with Crippen LogP contribution in [0.2, 0.25) is 0 Å². The second kappa shape index (κ2) is 10.7. The van der Waals surface area contributed by atoms with Crippen LogP contribution >= 0.6 is 0 Å². The first-order valence-electron chi connectivity index (χ1n) is 11.0. The van der Waals surface area contributed by atoms with Crippen molar-refractivity contribution in [1.82, 2.24) is 15.1 Å². The number of hydrogen-bond donors (Lipinski definition) is 1. The number of nitrogens with zero attached hydrogens (tertiary/aromatic N) is 2. The van der Waals surface area contributed by atoms with E-state index < -0.39 is 11.7 Å². The third-order valence-electron chi connectivity index (χ3n) is 5.32. The molecule has 0 aliphatic carbocycles. The van der Waals surface area contributed by atoms with Gasteiger partial charge in [0.25, 0.3) is 0 Å². The number of carbonyl (C=O) groups excluding carboxylic acids is 3. The second-order valence-corrected chi connectivity index (χ2v) is 9.18. The molecule has 0 spiro atoms. The minimum Gasteiger partial charge on any atom is -0.445 e. The number of rotatable bonds is 6. The number of amides is 3. The van der Waals surface area contributed by atoms with Gasteiger partial charge in [0.05, 0.1) is 19.2 Å². The fourth-order valence-corrected chi connectivity index (χ4v) is 3.53. The third kappa shape index (κ3) is 7.40. The fourth-order valence-electron chi connectivity index (χ4n) is 3.53. The molecule has 32 heavy (non-hydrogen) atoms. The summed E-state index contributed by atoms with van der Waals surface area (Å²) in [7, 11) is 0. The highest BCUT2D eigenvalue weighted by molar-refractivity contribution is 5.77. The van der Waals surface area contributed by atoms with E-state index in [0.717, 1.165) is 5.56 Å². The summed E-state index contributed by atoms with van der Waals surface area (Å²) < 4.78 is 16.2. The van der Waals surface area contributed by atoms with E-state index >= 15 is 0 Å². The van der Waals surface area contributed by atoms with Gasteiger partial charge in [0.1, 0.15) is 18.8 Å². The molecule has 2 aliphatic heterocycles. The first-order valence-corrected chi connectivity index (χ1v) is 11.0. The molecule has 2 saturated heterocycles. The van der Waals surface area contributed by atoms with Crippen molar-refractivity contribution in [2.45, 2.75) is 58.0 Å². The molecule has 3 amide bonds. The predicted molar refractivity (Wildman–Crippen MR) is 117 cm³/mol. The van der Waals surface area contributed by atoms with Gasteiger partial charge in [-0.15, -0.1) is 0 Å². The average molecular weight is 448 g/mol. The van der Waals surface area contributed by atoms with Crippen LogP contribution in [0.25, 0.3) is 0 Å². The summed E-state index contributed by atoms with van der Waals surface area (Å²) in [4.78, 5) is 39.7. The van der Waals surface area contributed by atoms with Crippen molar-refractivity contribution in [2.24, 2.45) is 0 Å². The molecule has 0 radical (unpaired) electrons. The standard InChI is InChI=1S/C23H33N3O6/c1-23(2,3)32-21(28)24-18-9-11-25(12-10-18)20(27)16-30-19-13-26(14-19)22(29)31-15-17-7-5-4-6-8-17/h4-8,18-19H,9-16H2,1-3H3,(H,24,28). The second-order valence-electron chi connectivity index (χ2n) is 9.18. The van der Waals surface area contributed by atoms with Gasteiger partial charge in [-0.25, -0.2) is 9.59 Å². The van der Waals surface area contributed by atoms with Crippen molar-refractivity contribution in [3.63, 3.8) is 0 Å². The molecular weight excluding hydrogens is 414 g/mol. The Balaban J connectivity index is 1.27. The lowest BCUT2D eigenvalue weighted by molar-refractivity contribution is -0.142. The first kappa shape index (κ1) is 23.8. The summed E-state index contributed by atoms with van der Waals surface area (Å²) in [5, 5.41) is 2.86. The van der Waals surface area contributed by atoms with Crippen LogP contribution in [0, 0.1) is 0 Å². The fraction of sp³-hybridized carbons (Fsp3) is 0.609. The number of likely N-dealkylation sites (tertiary alicyclic amines) is 2. The maximum atomic E-state index is 12.4. The van der Waals surface area contributed by atoms with E-state index in [1.807, 2.05) is 51.1 Å². The Morgan fingerprint density at radius 2 is 1.69 bits per heavy atom. The van der Waals surface area contributed by atoms with E-state index in [2.05, 4.69) is 5.32 Å². The van der Waals surface area contributed by atoms with Gasteiger partial charge >= 0.3 is 12.2 Å². The number of ether oxygens (including phenoxy) is 3. The van der Waals surface area contributed by atoms with Crippen molar-refractivity contribution in [3.05, 3.63) is 35.9 Å². The zero-order chi connectivity index (χ0) is 23.1. The molecule has 176 valence electrons. The van der Waals surface area contributed by atoms with Crippen molar-refractivity contribution in [3.8, 4) is 0 Å². The molecule has 2 fully saturated rings. The van der Waals surface area contributed by atoms with Crippen LogP contribution in [0.5, 0.6) is 0 Å². The van der Waals surface area contributed by atoms with E-state index in [1.165, 1.54) is 0 Å². The van der Waals surface area contributed by atoms with Crippen LogP contribution in [0.1, 0.15) is 39.2 Å². The Bertz CT molecular complexity index is 781. The van der Waals surface area contributed by atoms with Crippen LogP contribution < -0.4 is 5.32 Å². The van der Waals surface area contributed by atoms with Crippen LogP contribution in [-0.4, -0.2) is 78.4 Å². The van der Waals surface area contributed by atoms with Crippen molar-refractivity contribution in [1.29, 1.82) is 0 Å². The lowest BCUT2D eigenvalue weighted by atomic mass is 10.1. The molecule has 0 aromatic heterocycles. The van der Waals surface area contributed by atoms with Gasteiger partial charge in [0.15, 0.2) is 0 Å².